The second kappa shape index (κ2) is 10.4. The number of benzene rings is 2. The summed E-state index contributed by atoms with van der Waals surface area (Å²) in [5.41, 5.74) is 2.68. The second-order valence-electron chi connectivity index (χ2n) is 6.84. The lowest BCUT2D eigenvalue weighted by atomic mass is 10.1. The van der Waals surface area contributed by atoms with E-state index in [-0.39, 0.29) is 11.9 Å². The summed E-state index contributed by atoms with van der Waals surface area (Å²) in [5, 5.41) is 7.02. The number of aromatic nitrogens is 2. The predicted molar refractivity (Wildman–Crippen MR) is 120 cm³/mol. The van der Waals surface area contributed by atoms with Gasteiger partial charge >= 0.3 is 0 Å². The first kappa shape index (κ1) is 22.0. The van der Waals surface area contributed by atoms with Gasteiger partial charge in [0.15, 0.2) is 11.5 Å². The summed E-state index contributed by atoms with van der Waals surface area (Å²) in [5.74, 6) is 1.66. The van der Waals surface area contributed by atoms with Crippen molar-refractivity contribution in [3.63, 3.8) is 0 Å². The standard InChI is InChI=1S/C23H26N4O4/c1-5-22(28)26-17(13-29-2)10-15-6-8-16(9-7-15)27-23-18-11-20(30-3)21(31-4)12-19(18)24-14-25-23/h5-9,11-12,14,17H,1,10,13H2,2-4H3,(H,26,28)(H,24,25,27). The average Bonchev–Trinajstić information content (AvgIpc) is 2.79. The van der Waals surface area contributed by atoms with Crippen LogP contribution in [-0.4, -0.2) is 49.9 Å². The molecule has 0 spiro atoms. The van der Waals surface area contributed by atoms with Gasteiger partial charge in [0, 0.05) is 24.2 Å². The fraction of sp³-hybridized carbons (Fsp3) is 0.261. The molecule has 31 heavy (non-hydrogen) atoms. The van der Waals surface area contributed by atoms with Gasteiger partial charge in [-0.1, -0.05) is 18.7 Å². The molecule has 162 valence electrons. The number of methoxy groups -OCH3 is 3. The van der Waals surface area contributed by atoms with E-state index in [2.05, 4.69) is 27.2 Å². The van der Waals surface area contributed by atoms with Crippen LogP contribution in [0.25, 0.3) is 10.9 Å². The molecule has 8 heteroatoms. The van der Waals surface area contributed by atoms with Gasteiger partial charge in [-0.15, -0.1) is 0 Å². The highest BCUT2D eigenvalue weighted by atomic mass is 16.5. The normalized spacial score (nSPS) is 11.6. The van der Waals surface area contributed by atoms with Gasteiger partial charge in [0.05, 0.1) is 32.4 Å². The van der Waals surface area contributed by atoms with Crippen molar-refractivity contribution >= 4 is 28.3 Å². The molecule has 0 aliphatic carbocycles. The van der Waals surface area contributed by atoms with Gasteiger partial charge in [-0.25, -0.2) is 9.97 Å². The molecule has 1 atom stereocenters. The van der Waals surface area contributed by atoms with E-state index in [1.807, 2.05) is 36.4 Å². The molecule has 0 aliphatic heterocycles. The van der Waals surface area contributed by atoms with E-state index in [1.165, 1.54) is 12.4 Å². The summed E-state index contributed by atoms with van der Waals surface area (Å²) >= 11 is 0. The number of nitrogens with one attached hydrogen (secondary N) is 2. The average molecular weight is 422 g/mol. The van der Waals surface area contributed by atoms with E-state index in [9.17, 15) is 4.79 Å². The third-order valence-corrected chi connectivity index (χ3v) is 4.74. The van der Waals surface area contributed by atoms with E-state index in [0.717, 1.165) is 22.2 Å². The maximum atomic E-state index is 11.6. The SMILES string of the molecule is C=CC(=O)NC(COC)Cc1ccc(Nc2ncnc3cc(OC)c(OC)cc23)cc1. The van der Waals surface area contributed by atoms with Crippen LogP contribution in [0.1, 0.15) is 5.56 Å². The first-order valence-corrected chi connectivity index (χ1v) is 9.72. The fourth-order valence-electron chi connectivity index (χ4n) is 3.24. The van der Waals surface area contributed by atoms with Gasteiger partial charge in [-0.2, -0.15) is 0 Å². The number of carbonyl (C=O) groups excluding carboxylic acids is 1. The molecule has 0 fully saturated rings. The Bertz CT molecular complexity index is 1050. The largest absolute Gasteiger partial charge is 0.493 e. The summed E-state index contributed by atoms with van der Waals surface area (Å²) in [4.78, 5) is 20.3. The Morgan fingerprint density at radius 3 is 2.45 bits per heavy atom. The highest BCUT2D eigenvalue weighted by Crippen LogP contribution is 2.34. The molecule has 0 saturated carbocycles. The number of hydrogen-bond acceptors (Lipinski definition) is 7. The smallest absolute Gasteiger partial charge is 0.243 e. The molecule has 0 bridgehead atoms. The van der Waals surface area contributed by atoms with Crippen molar-refractivity contribution in [1.29, 1.82) is 0 Å². The Hall–Kier alpha value is -3.65. The van der Waals surface area contributed by atoms with E-state index in [1.54, 1.807) is 21.3 Å². The van der Waals surface area contributed by atoms with Crippen LogP contribution in [0, 0.1) is 0 Å². The molecule has 0 radical (unpaired) electrons. The quantitative estimate of drug-likeness (QED) is 0.484. The molecule has 0 saturated heterocycles. The number of rotatable bonds is 10. The van der Waals surface area contributed by atoms with Crippen LogP contribution in [-0.2, 0) is 16.0 Å². The first-order valence-electron chi connectivity index (χ1n) is 9.72. The third kappa shape index (κ3) is 5.49. The zero-order valence-electron chi connectivity index (χ0n) is 17.8. The molecule has 0 aliphatic rings. The maximum Gasteiger partial charge on any atom is 0.243 e. The molecule has 1 aromatic heterocycles. The van der Waals surface area contributed by atoms with Gasteiger partial charge in [0.1, 0.15) is 12.1 Å². The first-order chi connectivity index (χ1) is 15.1. The lowest BCUT2D eigenvalue weighted by Gasteiger charge is -2.17. The molecular weight excluding hydrogens is 396 g/mol. The zero-order chi connectivity index (χ0) is 22.2. The van der Waals surface area contributed by atoms with Gasteiger partial charge in [-0.05, 0) is 36.3 Å². The van der Waals surface area contributed by atoms with Crippen LogP contribution in [0.3, 0.4) is 0 Å². The highest BCUT2D eigenvalue weighted by molar-refractivity contribution is 5.93. The molecule has 2 aromatic carbocycles. The van der Waals surface area contributed by atoms with E-state index in [4.69, 9.17) is 14.2 Å². The Morgan fingerprint density at radius 1 is 1.10 bits per heavy atom. The van der Waals surface area contributed by atoms with E-state index >= 15 is 0 Å². The summed E-state index contributed by atoms with van der Waals surface area (Å²) in [6, 6.07) is 11.4. The van der Waals surface area contributed by atoms with Gasteiger partial charge < -0.3 is 24.8 Å². The van der Waals surface area contributed by atoms with Crippen molar-refractivity contribution in [2.45, 2.75) is 12.5 Å². The summed E-state index contributed by atoms with van der Waals surface area (Å²) in [6.45, 7) is 3.90. The summed E-state index contributed by atoms with van der Waals surface area (Å²) in [7, 11) is 4.79. The van der Waals surface area contributed by atoms with Crippen molar-refractivity contribution < 1.29 is 19.0 Å². The molecular formula is C23H26N4O4. The van der Waals surface area contributed by atoms with Crippen LogP contribution in [0.2, 0.25) is 0 Å². The molecule has 8 nitrogen and oxygen atoms in total. The Morgan fingerprint density at radius 2 is 1.81 bits per heavy atom. The summed E-state index contributed by atoms with van der Waals surface area (Å²) in [6.07, 6.45) is 3.40. The number of carbonyl (C=O) groups is 1. The minimum Gasteiger partial charge on any atom is -0.493 e. The highest BCUT2D eigenvalue weighted by Gasteiger charge is 2.13. The lowest BCUT2D eigenvalue weighted by molar-refractivity contribution is -0.117. The second-order valence-corrected chi connectivity index (χ2v) is 6.84. The van der Waals surface area contributed by atoms with Crippen LogP contribution < -0.4 is 20.1 Å². The molecule has 1 amide bonds. The lowest BCUT2D eigenvalue weighted by Crippen LogP contribution is -2.38. The molecule has 3 aromatic rings. The number of ether oxygens (including phenoxy) is 3. The van der Waals surface area contributed by atoms with Crippen LogP contribution in [0.15, 0.2) is 55.4 Å². The molecule has 3 rings (SSSR count). The minimum atomic E-state index is -0.219. The van der Waals surface area contributed by atoms with E-state index < -0.39 is 0 Å². The van der Waals surface area contributed by atoms with Crippen molar-refractivity contribution in [2.24, 2.45) is 0 Å². The minimum absolute atomic E-state index is 0.137. The fourth-order valence-corrected chi connectivity index (χ4v) is 3.24. The maximum absolute atomic E-state index is 11.6. The molecule has 1 heterocycles. The van der Waals surface area contributed by atoms with Crippen LogP contribution in [0.5, 0.6) is 11.5 Å². The summed E-state index contributed by atoms with van der Waals surface area (Å²) < 4.78 is 16.0. The van der Waals surface area contributed by atoms with Gasteiger partial charge in [0.2, 0.25) is 5.91 Å². The third-order valence-electron chi connectivity index (χ3n) is 4.74. The Balaban J connectivity index is 1.78. The van der Waals surface area contributed by atoms with Crippen molar-refractivity contribution in [3.05, 3.63) is 60.9 Å². The van der Waals surface area contributed by atoms with Gasteiger partial charge in [-0.3, -0.25) is 4.79 Å². The number of hydrogen-bond donors (Lipinski definition) is 2. The van der Waals surface area contributed by atoms with Crippen molar-refractivity contribution in [1.82, 2.24) is 15.3 Å². The van der Waals surface area contributed by atoms with Gasteiger partial charge in [0.25, 0.3) is 0 Å². The molecule has 2 N–H and O–H groups in total. The van der Waals surface area contributed by atoms with Crippen LogP contribution in [0.4, 0.5) is 11.5 Å². The number of amides is 1. The van der Waals surface area contributed by atoms with Crippen molar-refractivity contribution in [3.8, 4) is 11.5 Å². The topological polar surface area (TPSA) is 94.6 Å². The number of anilines is 2. The van der Waals surface area contributed by atoms with E-state index in [0.29, 0.717) is 30.3 Å². The predicted octanol–water partition coefficient (Wildman–Crippen LogP) is 3.25. The zero-order valence-corrected chi connectivity index (χ0v) is 17.8. The number of fused-ring (bicyclic) bond motifs is 1. The molecule has 1 unspecified atom stereocenters. The van der Waals surface area contributed by atoms with Crippen LogP contribution >= 0.6 is 0 Å². The Labute approximate surface area is 181 Å². The monoisotopic (exact) mass is 422 g/mol. The Kier molecular flexibility index (Phi) is 7.40. The van der Waals surface area contributed by atoms with Crippen molar-refractivity contribution in [2.75, 3.05) is 33.3 Å². The number of nitrogens with zero attached hydrogens (tertiary/aromatic N) is 2.